The highest BCUT2D eigenvalue weighted by atomic mass is 32.1. The van der Waals surface area contributed by atoms with Crippen molar-refractivity contribution in [1.29, 1.82) is 0 Å². The van der Waals surface area contributed by atoms with Crippen molar-refractivity contribution in [2.24, 2.45) is 5.10 Å². The summed E-state index contributed by atoms with van der Waals surface area (Å²) in [5.74, 6) is -0.109. The largest absolute Gasteiger partial charge is 0.273 e. The summed E-state index contributed by atoms with van der Waals surface area (Å²) in [4.78, 5) is 16.1. The zero-order chi connectivity index (χ0) is 13.9. The summed E-state index contributed by atoms with van der Waals surface area (Å²) in [6, 6.07) is 8.28. The minimum absolute atomic E-state index is 0.109. The number of hydrazone groups is 1. The number of nitrogens with zero attached hydrogens (tertiary/aromatic N) is 2. The molecule has 0 bridgehead atoms. The van der Waals surface area contributed by atoms with Crippen molar-refractivity contribution in [3.63, 3.8) is 0 Å². The van der Waals surface area contributed by atoms with Crippen LogP contribution in [0.2, 0.25) is 0 Å². The lowest BCUT2D eigenvalue weighted by molar-refractivity contribution is -0.120. The Kier molecular flexibility index (Phi) is 3.60. The number of amides is 1. The highest BCUT2D eigenvalue weighted by molar-refractivity contribution is 7.09. The van der Waals surface area contributed by atoms with Crippen molar-refractivity contribution in [2.75, 3.05) is 0 Å². The Morgan fingerprint density at radius 2 is 2.05 bits per heavy atom. The van der Waals surface area contributed by atoms with Gasteiger partial charge < -0.3 is 0 Å². The molecule has 4 nitrogen and oxygen atoms in total. The standard InChI is InChI=1S/C15H15N3OS/c1-10-9-20-15(16-10)8-14(19)18-17-13-6-11-4-2-3-5-12(11)7-13/h2-5,9H,6-8H2,1H3,(H,18,19). The maximum atomic E-state index is 11.8. The van der Waals surface area contributed by atoms with Gasteiger partial charge in [-0.1, -0.05) is 24.3 Å². The average molecular weight is 285 g/mol. The van der Waals surface area contributed by atoms with Crippen LogP contribution in [0.3, 0.4) is 0 Å². The van der Waals surface area contributed by atoms with Crippen molar-refractivity contribution < 1.29 is 4.79 Å². The molecule has 1 aliphatic carbocycles. The van der Waals surface area contributed by atoms with Gasteiger partial charge in [-0.2, -0.15) is 5.10 Å². The van der Waals surface area contributed by atoms with Gasteiger partial charge in [0.2, 0.25) is 5.91 Å². The van der Waals surface area contributed by atoms with Crippen LogP contribution in [0.5, 0.6) is 0 Å². The van der Waals surface area contributed by atoms with E-state index in [0.717, 1.165) is 29.3 Å². The molecule has 0 fully saturated rings. The van der Waals surface area contributed by atoms with Gasteiger partial charge in [0.05, 0.1) is 6.42 Å². The third-order valence-corrected chi connectivity index (χ3v) is 4.19. The molecule has 0 radical (unpaired) electrons. The summed E-state index contributed by atoms with van der Waals surface area (Å²) in [5, 5.41) is 7.01. The van der Waals surface area contributed by atoms with E-state index in [1.807, 2.05) is 24.4 Å². The summed E-state index contributed by atoms with van der Waals surface area (Å²) >= 11 is 1.51. The molecule has 0 atom stereocenters. The summed E-state index contributed by atoms with van der Waals surface area (Å²) in [7, 11) is 0. The Hall–Kier alpha value is -2.01. The molecule has 1 heterocycles. The van der Waals surface area contributed by atoms with Crippen LogP contribution < -0.4 is 5.43 Å². The molecule has 0 unspecified atom stereocenters. The second-order valence-corrected chi connectivity index (χ2v) is 5.84. The van der Waals surface area contributed by atoms with Gasteiger partial charge >= 0.3 is 0 Å². The third-order valence-electron chi connectivity index (χ3n) is 3.22. The Bertz CT molecular complexity index is 648. The molecular weight excluding hydrogens is 270 g/mol. The first kappa shape index (κ1) is 13.0. The van der Waals surface area contributed by atoms with E-state index in [2.05, 4.69) is 27.6 Å². The predicted octanol–water partition coefficient (Wildman–Crippen LogP) is 2.27. The van der Waals surface area contributed by atoms with Crippen LogP contribution >= 0.6 is 11.3 Å². The Labute approximate surface area is 121 Å². The lowest BCUT2D eigenvalue weighted by atomic mass is 10.1. The molecule has 1 aliphatic rings. The number of aryl methyl sites for hydroxylation is 1. The molecule has 1 amide bonds. The lowest BCUT2D eigenvalue weighted by Crippen LogP contribution is -2.21. The first-order valence-corrected chi connectivity index (χ1v) is 7.41. The molecule has 0 aliphatic heterocycles. The fraction of sp³-hybridized carbons (Fsp3) is 0.267. The second-order valence-electron chi connectivity index (χ2n) is 4.89. The number of nitrogens with one attached hydrogen (secondary N) is 1. The lowest BCUT2D eigenvalue weighted by Gasteiger charge is -1.99. The molecule has 0 spiro atoms. The van der Waals surface area contributed by atoms with Gasteiger partial charge in [-0.05, 0) is 18.1 Å². The van der Waals surface area contributed by atoms with E-state index in [1.54, 1.807) is 0 Å². The zero-order valence-electron chi connectivity index (χ0n) is 11.2. The van der Waals surface area contributed by atoms with E-state index in [-0.39, 0.29) is 5.91 Å². The smallest absolute Gasteiger partial charge is 0.246 e. The van der Waals surface area contributed by atoms with Crippen LogP contribution in [-0.4, -0.2) is 16.6 Å². The number of benzene rings is 1. The molecule has 3 rings (SSSR count). The maximum Gasteiger partial charge on any atom is 0.246 e. The zero-order valence-corrected chi connectivity index (χ0v) is 12.0. The fourth-order valence-electron chi connectivity index (χ4n) is 2.29. The van der Waals surface area contributed by atoms with E-state index >= 15 is 0 Å². The Morgan fingerprint density at radius 3 is 2.65 bits per heavy atom. The van der Waals surface area contributed by atoms with Gasteiger partial charge in [0.1, 0.15) is 5.01 Å². The number of carbonyl (C=O) groups excluding carboxylic acids is 1. The highest BCUT2D eigenvalue weighted by Gasteiger charge is 2.16. The van der Waals surface area contributed by atoms with Crippen molar-refractivity contribution in [1.82, 2.24) is 10.4 Å². The molecule has 0 saturated heterocycles. The first-order chi connectivity index (χ1) is 9.70. The number of hydrogen-bond donors (Lipinski definition) is 1. The quantitative estimate of drug-likeness (QED) is 0.880. The van der Waals surface area contributed by atoms with Gasteiger partial charge in [0.25, 0.3) is 0 Å². The number of hydrogen-bond acceptors (Lipinski definition) is 4. The number of aromatic nitrogens is 1. The molecule has 20 heavy (non-hydrogen) atoms. The van der Waals surface area contributed by atoms with E-state index < -0.39 is 0 Å². The third kappa shape index (κ3) is 2.93. The summed E-state index contributed by atoms with van der Waals surface area (Å²) in [5.41, 5.74) is 7.20. The van der Waals surface area contributed by atoms with Crippen LogP contribution in [0.15, 0.2) is 34.7 Å². The number of fused-ring (bicyclic) bond motifs is 1. The van der Waals surface area contributed by atoms with E-state index in [9.17, 15) is 4.79 Å². The predicted molar refractivity (Wildman–Crippen MR) is 80.0 cm³/mol. The monoisotopic (exact) mass is 285 g/mol. The van der Waals surface area contributed by atoms with Crippen molar-refractivity contribution in [3.8, 4) is 0 Å². The average Bonchev–Trinajstić information content (AvgIpc) is 3.02. The first-order valence-electron chi connectivity index (χ1n) is 6.53. The van der Waals surface area contributed by atoms with Gasteiger partial charge in [-0.3, -0.25) is 4.79 Å². The summed E-state index contributed by atoms with van der Waals surface area (Å²) in [6.07, 6.45) is 1.95. The minimum atomic E-state index is -0.109. The second kappa shape index (κ2) is 5.54. The molecule has 1 N–H and O–H groups in total. The van der Waals surface area contributed by atoms with Gasteiger partial charge in [-0.15, -0.1) is 11.3 Å². The highest BCUT2D eigenvalue weighted by Crippen LogP contribution is 2.19. The molecular formula is C15H15N3OS. The molecule has 1 aromatic carbocycles. The van der Waals surface area contributed by atoms with Gasteiger partial charge in [-0.25, -0.2) is 10.4 Å². The van der Waals surface area contributed by atoms with Crippen molar-refractivity contribution >= 4 is 23.0 Å². The molecule has 102 valence electrons. The Balaban J connectivity index is 1.57. The fourth-order valence-corrected chi connectivity index (χ4v) is 3.06. The van der Waals surface area contributed by atoms with E-state index in [4.69, 9.17) is 0 Å². The van der Waals surface area contributed by atoms with Crippen molar-refractivity contribution in [3.05, 3.63) is 51.5 Å². The van der Waals surface area contributed by atoms with E-state index in [1.165, 1.54) is 22.5 Å². The van der Waals surface area contributed by atoms with Crippen LogP contribution in [-0.2, 0) is 24.1 Å². The SMILES string of the molecule is Cc1csc(CC(=O)NN=C2Cc3ccccc3C2)n1. The normalized spacial score (nSPS) is 13.2. The van der Waals surface area contributed by atoms with Crippen molar-refractivity contribution in [2.45, 2.75) is 26.2 Å². The molecule has 0 saturated carbocycles. The summed E-state index contributed by atoms with van der Waals surface area (Å²) in [6.45, 7) is 1.92. The number of carbonyl (C=O) groups is 1. The molecule has 1 aromatic heterocycles. The Morgan fingerprint density at radius 1 is 1.35 bits per heavy atom. The van der Waals surface area contributed by atoms with Crippen LogP contribution in [0.25, 0.3) is 0 Å². The molecule has 2 aromatic rings. The minimum Gasteiger partial charge on any atom is -0.273 e. The summed E-state index contributed by atoms with van der Waals surface area (Å²) < 4.78 is 0. The van der Waals surface area contributed by atoms with Crippen LogP contribution in [0.1, 0.15) is 21.8 Å². The number of rotatable bonds is 3. The topological polar surface area (TPSA) is 54.4 Å². The van der Waals surface area contributed by atoms with Gasteiger partial charge in [0, 0.05) is 29.6 Å². The molecule has 5 heteroatoms. The maximum absolute atomic E-state index is 11.8. The number of thiazole rings is 1. The van der Waals surface area contributed by atoms with E-state index in [0.29, 0.717) is 6.42 Å². The van der Waals surface area contributed by atoms with Gasteiger partial charge in [0.15, 0.2) is 0 Å². The van der Waals surface area contributed by atoms with Crippen LogP contribution in [0, 0.1) is 6.92 Å². The van der Waals surface area contributed by atoms with Crippen LogP contribution in [0.4, 0.5) is 0 Å².